The summed E-state index contributed by atoms with van der Waals surface area (Å²) in [6, 6.07) is 24.3. The number of sulfonamides is 1. The van der Waals surface area contributed by atoms with Crippen LogP contribution in [0.15, 0.2) is 96.0 Å². The molecule has 4 aromatic rings. The highest BCUT2D eigenvalue weighted by atomic mass is 32.2. The van der Waals surface area contributed by atoms with Gasteiger partial charge in [0.2, 0.25) is 15.9 Å². The third-order valence-corrected chi connectivity index (χ3v) is 6.56. The summed E-state index contributed by atoms with van der Waals surface area (Å²) in [5.74, 6) is -0.103. The van der Waals surface area contributed by atoms with E-state index >= 15 is 0 Å². The summed E-state index contributed by atoms with van der Waals surface area (Å²) in [6.07, 6.45) is 1.79. The third kappa shape index (κ3) is 5.19. The quantitative estimate of drug-likeness (QED) is 0.449. The first kappa shape index (κ1) is 21.7. The Bertz CT molecular complexity index is 1360. The zero-order valence-electron chi connectivity index (χ0n) is 17.5. The van der Waals surface area contributed by atoms with E-state index in [9.17, 15) is 13.2 Å². The van der Waals surface area contributed by atoms with Crippen LogP contribution in [0, 0.1) is 6.92 Å². The van der Waals surface area contributed by atoms with Gasteiger partial charge in [0.25, 0.3) is 0 Å². The van der Waals surface area contributed by atoms with Crippen molar-refractivity contribution in [3.05, 3.63) is 102 Å². The summed E-state index contributed by atoms with van der Waals surface area (Å²) >= 11 is 0. The average Bonchev–Trinajstić information content (AvgIpc) is 2.79. The van der Waals surface area contributed by atoms with Crippen molar-refractivity contribution in [3.8, 4) is 0 Å². The van der Waals surface area contributed by atoms with Gasteiger partial charge in [0.1, 0.15) is 11.9 Å². The summed E-state index contributed by atoms with van der Waals surface area (Å²) in [6.45, 7) is 1.89. The van der Waals surface area contributed by atoms with Crippen LogP contribution in [-0.2, 0) is 21.2 Å². The van der Waals surface area contributed by atoms with Crippen LogP contribution in [0.4, 0.5) is 5.82 Å². The fourth-order valence-corrected chi connectivity index (χ4v) is 4.68. The number of nitrogens with one attached hydrogen (secondary N) is 2. The maximum Gasteiger partial charge on any atom is 0.244 e. The lowest BCUT2D eigenvalue weighted by Gasteiger charge is -2.19. The molecule has 0 fully saturated rings. The number of aromatic nitrogens is 1. The van der Waals surface area contributed by atoms with Gasteiger partial charge < -0.3 is 5.32 Å². The molecule has 0 spiro atoms. The Morgan fingerprint density at radius 2 is 1.62 bits per heavy atom. The van der Waals surface area contributed by atoms with Crippen LogP contribution >= 0.6 is 0 Å². The lowest BCUT2D eigenvalue weighted by Crippen LogP contribution is -2.45. The normalized spacial score (nSPS) is 12.4. The van der Waals surface area contributed by atoms with Crippen molar-refractivity contribution >= 4 is 32.5 Å². The monoisotopic (exact) mass is 445 g/mol. The molecule has 0 saturated carbocycles. The van der Waals surface area contributed by atoms with E-state index in [0.29, 0.717) is 5.82 Å². The highest BCUT2D eigenvalue weighted by Gasteiger charge is 2.26. The topological polar surface area (TPSA) is 88.2 Å². The molecule has 4 rings (SSSR count). The zero-order valence-corrected chi connectivity index (χ0v) is 18.3. The van der Waals surface area contributed by atoms with Gasteiger partial charge in [0.05, 0.1) is 4.90 Å². The summed E-state index contributed by atoms with van der Waals surface area (Å²) in [5, 5.41) is 4.48. The second kappa shape index (κ2) is 9.30. The predicted octanol–water partition coefficient (Wildman–Crippen LogP) is 4.07. The Hall–Kier alpha value is -3.55. The maximum atomic E-state index is 13.2. The van der Waals surface area contributed by atoms with Crippen LogP contribution in [0.1, 0.15) is 11.1 Å². The smallest absolute Gasteiger partial charge is 0.244 e. The molecule has 7 heteroatoms. The number of fused-ring (bicyclic) bond motifs is 1. The molecular formula is C25H23N3O3S. The van der Waals surface area contributed by atoms with E-state index in [2.05, 4.69) is 15.0 Å². The first-order valence-electron chi connectivity index (χ1n) is 10.2. The van der Waals surface area contributed by atoms with E-state index in [0.717, 1.165) is 21.9 Å². The van der Waals surface area contributed by atoms with Crippen molar-refractivity contribution in [2.45, 2.75) is 24.3 Å². The molecule has 2 N–H and O–H groups in total. The van der Waals surface area contributed by atoms with Crippen molar-refractivity contribution < 1.29 is 13.2 Å². The number of rotatable bonds is 7. The van der Waals surface area contributed by atoms with E-state index in [1.165, 1.54) is 0 Å². The van der Waals surface area contributed by atoms with E-state index < -0.39 is 22.0 Å². The fourth-order valence-electron chi connectivity index (χ4n) is 3.45. The fraction of sp³-hybridized carbons (Fsp3) is 0.120. The molecule has 0 aliphatic carbocycles. The third-order valence-electron chi connectivity index (χ3n) is 5.09. The van der Waals surface area contributed by atoms with E-state index in [1.54, 1.807) is 30.5 Å². The molecule has 32 heavy (non-hydrogen) atoms. The first-order valence-corrected chi connectivity index (χ1v) is 11.7. The van der Waals surface area contributed by atoms with Crippen molar-refractivity contribution in [2.24, 2.45) is 0 Å². The van der Waals surface area contributed by atoms with Gasteiger partial charge in [-0.15, -0.1) is 0 Å². The SMILES string of the molecule is Cc1ccnc(NC(=O)[C@@H](Cc2ccccc2)NS(=O)(=O)c2ccc3ccccc3c2)c1. The molecule has 0 bridgehead atoms. The summed E-state index contributed by atoms with van der Waals surface area (Å²) < 4.78 is 29.0. The van der Waals surface area contributed by atoms with Gasteiger partial charge in [-0.2, -0.15) is 4.72 Å². The van der Waals surface area contributed by atoms with E-state index in [4.69, 9.17) is 0 Å². The van der Waals surface area contributed by atoms with E-state index in [1.807, 2.05) is 67.6 Å². The van der Waals surface area contributed by atoms with Crippen molar-refractivity contribution in [3.63, 3.8) is 0 Å². The number of carbonyl (C=O) groups excluding carboxylic acids is 1. The molecule has 0 aliphatic rings. The molecule has 162 valence electrons. The Balaban J connectivity index is 1.62. The molecule has 1 aromatic heterocycles. The van der Waals surface area contributed by atoms with Crippen LogP contribution in [0.3, 0.4) is 0 Å². The van der Waals surface area contributed by atoms with Gasteiger partial charge in [-0.1, -0.05) is 60.7 Å². The van der Waals surface area contributed by atoms with Crippen LogP contribution in [0.5, 0.6) is 0 Å². The molecule has 6 nitrogen and oxygen atoms in total. The molecular weight excluding hydrogens is 422 g/mol. The second-order valence-corrected chi connectivity index (χ2v) is 9.29. The van der Waals surface area contributed by atoms with Crippen molar-refractivity contribution in [1.29, 1.82) is 0 Å². The molecule has 0 aliphatic heterocycles. The minimum absolute atomic E-state index is 0.107. The van der Waals surface area contributed by atoms with E-state index in [-0.39, 0.29) is 11.3 Å². The lowest BCUT2D eigenvalue weighted by molar-refractivity contribution is -0.117. The van der Waals surface area contributed by atoms with Gasteiger partial charge in [-0.3, -0.25) is 4.79 Å². The molecule has 0 radical (unpaired) electrons. The largest absolute Gasteiger partial charge is 0.309 e. The minimum atomic E-state index is -3.95. The molecule has 0 unspecified atom stereocenters. The Kier molecular flexibility index (Phi) is 6.30. The number of anilines is 1. The zero-order chi connectivity index (χ0) is 22.6. The van der Waals surface area contributed by atoms with Crippen LogP contribution in [0.2, 0.25) is 0 Å². The van der Waals surface area contributed by atoms with Crippen LogP contribution in [-0.4, -0.2) is 25.4 Å². The number of benzene rings is 3. The van der Waals surface area contributed by atoms with Gasteiger partial charge in [0, 0.05) is 6.20 Å². The number of hydrogen-bond donors (Lipinski definition) is 2. The number of carbonyl (C=O) groups is 1. The molecule has 0 saturated heterocycles. The Morgan fingerprint density at radius 1 is 0.906 bits per heavy atom. The van der Waals surface area contributed by atoms with Gasteiger partial charge in [-0.05, 0) is 59.5 Å². The lowest BCUT2D eigenvalue weighted by atomic mass is 10.1. The average molecular weight is 446 g/mol. The summed E-state index contributed by atoms with van der Waals surface area (Å²) in [7, 11) is -3.95. The summed E-state index contributed by atoms with van der Waals surface area (Å²) in [4.78, 5) is 17.3. The van der Waals surface area contributed by atoms with Gasteiger partial charge in [-0.25, -0.2) is 13.4 Å². The standard InChI is InChI=1S/C25H23N3O3S/c1-18-13-14-26-24(15-18)27-25(29)23(16-19-7-3-2-4-8-19)28-32(30,31)22-12-11-20-9-5-6-10-21(20)17-22/h2-15,17,23,28H,16H2,1H3,(H,26,27,29)/t23-/m1/s1. The Morgan fingerprint density at radius 3 is 2.38 bits per heavy atom. The number of aryl methyl sites for hydroxylation is 1. The number of hydrogen-bond acceptors (Lipinski definition) is 4. The number of nitrogens with zero attached hydrogens (tertiary/aromatic N) is 1. The van der Waals surface area contributed by atoms with Crippen LogP contribution in [0.25, 0.3) is 10.8 Å². The van der Waals surface area contributed by atoms with Crippen LogP contribution < -0.4 is 10.0 Å². The molecule has 1 amide bonds. The minimum Gasteiger partial charge on any atom is -0.309 e. The molecule has 1 atom stereocenters. The number of amides is 1. The second-order valence-electron chi connectivity index (χ2n) is 7.58. The highest BCUT2D eigenvalue weighted by molar-refractivity contribution is 7.89. The van der Waals surface area contributed by atoms with Crippen molar-refractivity contribution in [1.82, 2.24) is 9.71 Å². The van der Waals surface area contributed by atoms with Gasteiger partial charge >= 0.3 is 0 Å². The highest BCUT2D eigenvalue weighted by Crippen LogP contribution is 2.20. The van der Waals surface area contributed by atoms with Crippen molar-refractivity contribution in [2.75, 3.05) is 5.32 Å². The predicted molar refractivity (Wildman–Crippen MR) is 126 cm³/mol. The molecule has 3 aromatic carbocycles. The van der Waals surface area contributed by atoms with Gasteiger partial charge in [0.15, 0.2) is 0 Å². The first-order chi connectivity index (χ1) is 15.4. The molecule has 1 heterocycles. The maximum absolute atomic E-state index is 13.2. The number of pyridine rings is 1. The summed E-state index contributed by atoms with van der Waals surface area (Å²) in [5.41, 5.74) is 1.78. The Labute approximate surface area is 187 Å².